The van der Waals surface area contributed by atoms with Gasteiger partial charge < -0.3 is 4.90 Å². The van der Waals surface area contributed by atoms with Gasteiger partial charge in [0.1, 0.15) is 6.54 Å². The van der Waals surface area contributed by atoms with Gasteiger partial charge in [0, 0.05) is 39.7 Å². The van der Waals surface area contributed by atoms with E-state index in [1.54, 1.807) is 35.2 Å². The average molecular weight is 613 g/mol. The standard InChI is InChI=1S/C29H24BrCl2N3O3/c30-19-11-18-6-5-17-12-20(31)13-23(32)25(17)26(27(18)33-14-19)16-7-9-34(10-8-16)24(36)15-35-28(37)21-3-1-2-4-22(21)29(35)38/h1-4,11-14,16,26H,5-10,15H2. The maximum absolute atomic E-state index is 13.2. The molecule has 0 spiro atoms. The van der Waals surface area contributed by atoms with Gasteiger partial charge in [0.15, 0.2) is 0 Å². The van der Waals surface area contributed by atoms with Gasteiger partial charge in [0.25, 0.3) is 11.8 Å². The van der Waals surface area contributed by atoms with Gasteiger partial charge >= 0.3 is 0 Å². The van der Waals surface area contributed by atoms with Gasteiger partial charge in [-0.1, -0.05) is 35.3 Å². The summed E-state index contributed by atoms with van der Waals surface area (Å²) in [6.45, 7) is 0.831. The van der Waals surface area contributed by atoms with Crippen molar-refractivity contribution >= 4 is 56.9 Å². The molecule has 3 amide bonds. The number of carbonyl (C=O) groups is 3. The van der Waals surface area contributed by atoms with Crippen LogP contribution in [0.15, 0.2) is 53.1 Å². The lowest BCUT2D eigenvalue weighted by atomic mass is 9.76. The molecule has 1 fully saturated rings. The first-order valence-electron chi connectivity index (χ1n) is 12.7. The summed E-state index contributed by atoms with van der Waals surface area (Å²) < 4.78 is 0.943. The molecular weight excluding hydrogens is 589 g/mol. The quantitative estimate of drug-likeness (QED) is 0.345. The molecule has 0 N–H and O–H groups in total. The summed E-state index contributed by atoms with van der Waals surface area (Å²) in [5.41, 5.74) is 5.16. The fourth-order valence-corrected chi connectivity index (χ4v) is 7.16. The van der Waals surface area contributed by atoms with Crippen LogP contribution in [0.25, 0.3) is 0 Å². The normalized spacial score (nSPS) is 19.2. The third-order valence-electron chi connectivity index (χ3n) is 7.95. The van der Waals surface area contributed by atoms with E-state index < -0.39 is 11.8 Å². The number of aromatic nitrogens is 1. The number of nitrogens with zero attached hydrogens (tertiary/aromatic N) is 3. The van der Waals surface area contributed by atoms with E-state index in [1.165, 1.54) is 5.56 Å². The summed E-state index contributed by atoms with van der Waals surface area (Å²) in [4.78, 5) is 46.3. The monoisotopic (exact) mass is 611 g/mol. The van der Waals surface area contributed by atoms with Crippen LogP contribution >= 0.6 is 39.1 Å². The molecular formula is C29H24BrCl2N3O3. The van der Waals surface area contributed by atoms with E-state index in [9.17, 15) is 14.4 Å². The van der Waals surface area contributed by atoms with E-state index in [-0.39, 0.29) is 24.3 Å². The first-order chi connectivity index (χ1) is 18.3. The first-order valence-corrected chi connectivity index (χ1v) is 14.2. The predicted octanol–water partition coefficient (Wildman–Crippen LogP) is 5.92. The molecule has 0 saturated carbocycles. The zero-order valence-electron chi connectivity index (χ0n) is 20.4. The van der Waals surface area contributed by atoms with Gasteiger partial charge in [0.05, 0.1) is 16.8 Å². The van der Waals surface area contributed by atoms with Crippen LogP contribution in [0.1, 0.15) is 61.9 Å². The molecule has 6 nitrogen and oxygen atoms in total. The van der Waals surface area contributed by atoms with E-state index in [0.29, 0.717) is 34.3 Å². The summed E-state index contributed by atoms with van der Waals surface area (Å²) in [5, 5.41) is 1.28. The fourth-order valence-electron chi connectivity index (χ4n) is 6.13. The van der Waals surface area contributed by atoms with Crippen molar-refractivity contribution in [1.29, 1.82) is 0 Å². The molecule has 3 aromatic rings. The second kappa shape index (κ2) is 10.1. The maximum Gasteiger partial charge on any atom is 0.262 e. The second-order valence-electron chi connectivity index (χ2n) is 10.1. The third kappa shape index (κ3) is 4.44. The SMILES string of the molecule is O=C(CN1C(=O)c2ccccc2C1=O)N1CCC(C2c3ncc(Br)cc3CCc3cc(Cl)cc(Cl)c32)CC1. The van der Waals surface area contributed by atoms with Crippen molar-refractivity contribution in [3.63, 3.8) is 0 Å². The lowest BCUT2D eigenvalue weighted by Gasteiger charge is -2.37. The summed E-state index contributed by atoms with van der Waals surface area (Å²) in [7, 11) is 0. The molecule has 1 unspecified atom stereocenters. The number of benzene rings is 2. The number of hydrogen-bond acceptors (Lipinski definition) is 4. The van der Waals surface area contributed by atoms with Crippen LogP contribution in [0.4, 0.5) is 0 Å². The number of rotatable bonds is 3. The summed E-state index contributed by atoms with van der Waals surface area (Å²) in [6.07, 6.45) is 5.03. The Morgan fingerprint density at radius 3 is 2.32 bits per heavy atom. The van der Waals surface area contributed by atoms with Gasteiger partial charge in [0.2, 0.25) is 5.91 Å². The zero-order chi connectivity index (χ0) is 26.6. The molecule has 1 aliphatic carbocycles. The molecule has 38 heavy (non-hydrogen) atoms. The Bertz CT molecular complexity index is 1450. The number of halogens is 3. The Labute approximate surface area is 239 Å². The lowest BCUT2D eigenvalue weighted by Crippen LogP contribution is -2.46. The fraction of sp³-hybridized carbons (Fsp3) is 0.310. The summed E-state index contributed by atoms with van der Waals surface area (Å²) in [5.74, 6) is -0.821. The van der Waals surface area contributed by atoms with Crippen molar-refractivity contribution < 1.29 is 14.4 Å². The van der Waals surface area contributed by atoms with Gasteiger partial charge in [-0.05, 0) is 94.6 Å². The molecule has 1 atom stereocenters. The molecule has 2 aromatic carbocycles. The number of pyridine rings is 1. The molecule has 3 aliphatic rings. The van der Waals surface area contributed by atoms with Crippen LogP contribution in [0.3, 0.4) is 0 Å². The van der Waals surface area contributed by atoms with E-state index in [2.05, 4.69) is 22.0 Å². The molecule has 9 heteroatoms. The molecule has 0 bridgehead atoms. The molecule has 0 radical (unpaired) electrons. The lowest BCUT2D eigenvalue weighted by molar-refractivity contribution is -0.132. The molecule has 194 valence electrons. The van der Waals surface area contributed by atoms with Crippen LogP contribution in [-0.2, 0) is 17.6 Å². The van der Waals surface area contributed by atoms with Crippen LogP contribution in [-0.4, -0.2) is 52.1 Å². The molecule has 1 saturated heterocycles. The van der Waals surface area contributed by atoms with E-state index >= 15 is 0 Å². The molecule has 2 aliphatic heterocycles. The van der Waals surface area contributed by atoms with Crippen molar-refractivity contribution in [2.24, 2.45) is 5.92 Å². The zero-order valence-corrected chi connectivity index (χ0v) is 23.5. The Hall–Kier alpha value is -2.74. The van der Waals surface area contributed by atoms with Crippen molar-refractivity contribution in [3.8, 4) is 0 Å². The topological polar surface area (TPSA) is 70.6 Å². The highest BCUT2D eigenvalue weighted by atomic mass is 79.9. The number of amides is 3. The number of carbonyl (C=O) groups excluding carboxylic acids is 3. The van der Waals surface area contributed by atoms with Crippen LogP contribution in [0, 0.1) is 5.92 Å². The average Bonchev–Trinajstić information content (AvgIpc) is 3.04. The Morgan fingerprint density at radius 2 is 1.63 bits per heavy atom. The van der Waals surface area contributed by atoms with Gasteiger partial charge in [-0.2, -0.15) is 0 Å². The predicted molar refractivity (Wildman–Crippen MR) is 149 cm³/mol. The maximum atomic E-state index is 13.2. The molecule has 1 aromatic heterocycles. The van der Waals surface area contributed by atoms with Crippen LogP contribution < -0.4 is 0 Å². The minimum atomic E-state index is -0.411. The summed E-state index contributed by atoms with van der Waals surface area (Å²) in [6, 6.07) is 12.6. The molecule has 3 heterocycles. The van der Waals surface area contributed by atoms with Crippen molar-refractivity contribution in [2.75, 3.05) is 19.6 Å². The first kappa shape index (κ1) is 25.5. The number of aryl methyl sites for hydroxylation is 2. The van der Waals surface area contributed by atoms with Gasteiger partial charge in [-0.3, -0.25) is 24.3 Å². The van der Waals surface area contributed by atoms with E-state index in [1.807, 2.05) is 12.3 Å². The highest BCUT2D eigenvalue weighted by Gasteiger charge is 2.39. The minimum Gasteiger partial charge on any atom is -0.341 e. The Balaban J connectivity index is 1.22. The van der Waals surface area contributed by atoms with Gasteiger partial charge in [-0.15, -0.1) is 0 Å². The van der Waals surface area contributed by atoms with Gasteiger partial charge in [-0.25, -0.2) is 0 Å². The number of piperidine rings is 1. The smallest absolute Gasteiger partial charge is 0.262 e. The van der Waals surface area contributed by atoms with Crippen molar-refractivity contribution in [3.05, 3.63) is 96.7 Å². The van der Waals surface area contributed by atoms with Crippen molar-refractivity contribution in [1.82, 2.24) is 14.8 Å². The van der Waals surface area contributed by atoms with Crippen LogP contribution in [0.2, 0.25) is 10.0 Å². The number of likely N-dealkylation sites (tertiary alicyclic amines) is 1. The number of hydrogen-bond donors (Lipinski definition) is 0. The summed E-state index contributed by atoms with van der Waals surface area (Å²) >= 11 is 16.8. The van der Waals surface area contributed by atoms with Crippen LogP contribution in [0.5, 0.6) is 0 Å². The van der Waals surface area contributed by atoms with E-state index in [4.69, 9.17) is 28.2 Å². The van der Waals surface area contributed by atoms with Crippen molar-refractivity contribution in [2.45, 2.75) is 31.6 Å². The Morgan fingerprint density at radius 1 is 0.974 bits per heavy atom. The largest absolute Gasteiger partial charge is 0.341 e. The third-order valence-corrected chi connectivity index (χ3v) is 8.92. The highest BCUT2D eigenvalue weighted by molar-refractivity contribution is 9.10. The Kier molecular flexibility index (Phi) is 6.79. The number of fused-ring (bicyclic) bond motifs is 3. The minimum absolute atomic E-state index is 0.00569. The number of imide groups is 1. The second-order valence-corrected chi connectivity index (χ2v) is 11.9. The highest BCUT2D eigenvalue weighted by Crippen LogP contribution is 2.46. The molecule has 6 rings (SSSR count). The van der Waals surface area contributed by atoms with E-state index in [0.717, 1.165) is 51.9 Å².